The van der Waals surface area contributed by atoms with Crippen molar-refractivity contribution < 1.29 is 9.66 Å². The Bertz CT molecular complexity index is 718. The third-order valence-electron chi connectivity index (χ3n) is 4.12. The summed E-state index contributed by atoms with van der Waals surface area (Å²) >= 11 is 5.85. The molecule has 0 radical (unpaired) electrons. The molecule has 132 valence electrons. The van der Waals surface area contributed by atoms with Crippen LogP contribution < -0.4 is 9.64 Å². The SMILES string of the molecule is O=[N+]([O-])c1cccnc1N1CCN(CCOc2ccc(Cl)cc2)CC1. The predicted molar refractivity (Wildman–Crippen MR) is 96.5 cm³/mol. The Morgan fingerprint density at radius 3 is 2.56 bits per heavy atom. The summed E-state index contributed by atoms with van der Waals surface area (Å²) < 4.78 is 5.71. The minimum atomic E-state index is -0.380. The number of aromatic nitrogens is 1. The van der Waals surface area contributed by atoms with Gasteiger partial charge >= 0.3 is 5.69 Å². The highest BCUT2D eigenvalue weighted by molar-refractivity contribution is 6.30. The monoisotopic (exact) mass is 362 g/mol. The van der Waals surface area contributed by atoms with E-state index < -0.39 is 0 Å². The molecular weight excluding hydrogens is 344 g/mol. The Kier molecular flexibility index (Phi) is 5.67. The first-order chi connectivity index (χ1) is 12.1. The molecule has 8 heteroatoms. The van der Waals surface area contributed by atoms with Gasteiger partial charge in [-0.25, -0.2) is 4.98 Å². The fraction of sp³-hybridized carbons (Fsp3) is 0.353. The number of halogens is 1. The molecule has 1 aliphatic rings. The van der Waals surface area contributed by atoms with Gasteiger partial charge in [0.25, 0.3) is 0 Å². The number of benzene rings is 1. The van der Waals surface area contributed by atoms with Gasteiger partial charge in [-0.1, -0.05) is 11.6 Å². The Balaban J connectivity index is 1.47. The molecule has 3 rings (SSSR count). The smallest absolute Gasteiger partial charge is 0.311 e. The second kappa shape index (κ2) is 8.13. The zero-order valence-corrected chi connectivity index (χ0v) is 14.4. The Morgan fingerprint density at radius 2 is 1.88 bits per heavy atom. The van der Waals surface area contributed by atoms with Crippen molar-refractivity contribution in [3.8, 4) is 5.75 Å². The second-order valence-electron chi connectivity index (χ2n) is 5.73. The van der Waals surface area contributed by atoms with Gasteiger partial charge in [0, 0.05) is 50.0 Å². The van der Waals surface area contributed by atoms with Gasteiger partial charge in [-0.2, -0.15) is 0 Å². The lowest BCUT2D eigenvalue weighted by Gasteiger charge is -2.34. The molecule has 0 unspecified atom stereocenters. The maximum Gasteiger partial charge on any atom is 0.311 e. The minimum Gasteiger partial charge on any atom is -0.492 e. The molecule has 1 saturated heterocycles. The molecule has 0 N–H and O–H groups in total. The van der Waals surface area contributed by atoms with Crippen LogP contribution in [0.3, 0.4) is 0 Å². The van der Waals surface area contributed by atoms with E-state index in [0.717, 1.165) is 25.4 Å². The van der Waals surface area contributed by atoms with E-state index in [9.17, 15) is 10.1 Å². The fourth-order valence-electron chi connectivity index (χ4n) is 2.78. The van der Waals surface area contributed by atoms with Crippen molar-refractivity contribution in [3.63, 3.8) is 0 Å². The van der Waals surface area contributed by atoms with Gasteiger partial charge in [-0.3, -0.25) is 15.0 Å². The average molecular weight is 363 g/mol. The van der Waals surface area contributed by atoms with Crippen molar-refractivity contribution in [2.45, 2.75) is 0 Å². The Morgan fingerprint density at radius 1 is 1.16 bits per heavy atom. The standard InChI is InChI=1S/C17H19ClN4O3/c18-14-3-5-15(6-4-14)25-13-12-20-8-10-21(11-9-20)17-16(22(23)24)2-1-7-19-17/h1-7H,8-13H2. The first kappa shape index (κ1) is 17.4. The molecule has 0 amide bonds. The normalized spacial score (nSPS) is 15.2. The van der Waals surface area contributed by atoms with Crippen molar-refractivity contribution in [2.75, 3.05) is 44.2 Å². The molecule has 0 atom stereocenters. The molecule has 0 spiro atoms. The van der Waals surface area contributed by atoms with Crippen LogP contribution in [0.4, 0.5) is 11.5 Å². The van der Waals surface area contributed by atoms with Gasteiger partial charge in [-0.15, -0.1) is 0 Å². The van der Waals surface area contributed by atoms with Crippen LogP contribution in [0.25, 0.3) is 0 Å². The van der Waals surface area contributed by atoms with Crippen molar-refractivity contribution in [1.29, 1.82) is 0 Å². The van der Waals surface area contributed by atoms with Crippen molar-refractivity contribution in [2.24, 2.45) is 0 Å². The molecule has 25 heavy (non-hydrogen) atoms. The summed E-state index contributed by atoms with van der Waals surface area (Å²) in [4.78, 5) is 19.2. The van der Waals surface area contributed by atoms with Gasteiger partial charge < -0.3 is 9.64 Å². The molecule has 2 heterocycles. The maximum absolute atomic E-state index is 11.1. The van der Waals surface area contributed by atoms with E-state index in [4.69, 9.17) is 16.3 Å². The van der Waals surface area contributed by atoms with Crippen molar-refractivity contribution >= 4 is 23.1 Å². The number of rotatable bonds is 6. The second-order valence-corrected chi connectivity index (χ2v) is 6.17. The number of anilines is 1. The number of nitrogens with zero attached hydrogens (tertiary/aromatic N) is 4. The van der Waals surface area contributed by atoms with E-state index in [1.807, 2.05) is 17.0 Å². The summed E-state index contributed by atoms with van der Waals surface area (Å²) in [5.74, 6) is 1.25. The molecular formula is C17H19ClN4O3. The van der Waals surface area contributed by atoms with Gasteiger partial charge in [0.2, 0.25) is 5.82 Å². The molecule has 1 aromatic carbocycles. The molecule has 1 aromatic heterocycles. The number of hydrogen-bond donors (Lipinski definition) is 0. The zero-order chi connectivity index (χ0) is 17.6. The number of nitro groups is 1. The summed E-state index contributed by atoms with van der Waals surface area (Å²) in [6.07, 6.45) is 1.59. The van der Waals surface area contributed by atoms with Gasteiger partial charge in [0.1, 0.15) is 12.4 Å². The topological polar surface area (TPSA) is 71.7 Å². The van der Waals surface area contributed by atoms with Crippen LogP contribution in [0.15, 0.2) is 42.6 Å². The van der Waals surface area contributed by atoms with Crippen LogP contribution in [-0.2, 0) is 0 Å². The van der Waals surface area contributed by atoms with Crippen LogP contribution in [0.1, 0.15) is 0 Å². The fourth-order valence-corrected chi connectivity index (χ4v) is 2.91. The molecule has 7 nitrogen and oxygen atoms in total. The van der Waals surface area contributed by atoms with Gasteiger partial charge in [0.15, 0.2) is 0 Å². The largest absolute Gasteiger partial charge is 0.492 e. The highest BCUT2D eigenvalue weighted by Crippen LogP contribution is 2.25. The summed E-state index contributed by atoms with van der Waals surface area (Å²) in [6.45, 7) is 4.44. The van der Waals surface area contributed by atoms with E-state index in [1.165, 1.54) is 6.07 Å². The first-order valence-corrected chi connectivity index (χ1v) is 8.46. The highest BCUT2D eigenvalue weighted by atomic mass is 35.5. The lowest BCUT2D eigenvalue weighted by molar-refractivity contribution is -0.384. The van der Waals surface area contributed by atoms with Crippen LogP contribution in [0.2, 0.25) is 5.02 Å². The highest BCUT2D eigenvalue weighted by Gasteiger charge is 2.24. The Hall–Kier alpha value is -2.38. The summed E-state index contributed by atoms with van der Waals surface area (Å²) in [5.41, 5.74) is 0.0574. The van der Waals surface area contributed by atoms with Crippen molar-refractivity contribution in [3.05, 3.63) is 57.7 Å². The first-order valence-electron chi connectivity index (χ1n) is 8.08. The van der Waals surface area contributed by atoms with Gasteiger partial charge in [0.05, 0.1) is 4.92 Å². The molecule has 0 bridgehead atoms. The molecule has 1 aliphatic heterocycles. The third kappa shape index (κ3) is 4.58. The summed E-state index contributed by atoms with van der Waals surface area (Å²) in [7, 11) is 0. The van der Waals surface area contributed by atoms with E-state index in [0.29, 0.717) is 30.5 Å². The van der Waals surface area contributed by atoms with Crippen LogP contribution >= 0.6 is 11.6 Å². The third-order valence-corrected chi connectivity index (χ3v) is 4.38. The number of piperazine rings is 1. The molecule has 1 fully saturated rings. The quantitative estimate of drug-likeness (QED) is 0.581. The van der Waals surface area contributed by atoms with E-state index in [2.05, 4.69) is 9.88 Å². The van der Waals surface area contributed by atoms with Gasteiger partial charge in [-0.05, 0) is 30.3 Å². The minimum absolute atomic E-state index is 0.0574. The zero-order valence-electron chi connectivity index (χ0n) is 13.7. The Labute approximate surface area is 150 Å². The average Bonchev–Trinajstić information content (AvgIpc) is 2.64. The summed E-state index contributed by atoms with van der Waals surface area (Å²) in [6, 6.07) is 10.4. The molecule has 0 saturated carbocycles. The molecule has 0 aliphatic carbocycles. The van der Waals surface area contributed by atoms with Crippen LogP contribution in [-0.4, -0.2) is 54.1 Å². The van der Waals surface area contributed by atoms with E-state index in [1.54, 1.807) is 24.4 Å². The van der Waals surface area contributed by atoms with Crippen LogP contribution in [0, 0.1) is 10.1 Å². The van der Waals surface area contributed by atoms with E-state index in [-0.39, 0.29) is 10.6 Å². The number of ether oxygens (including phenoxy) is 1. The maximum atomic E-state index is 11.1. The predicted octanol–water partition coefficient (Wildman–Crippen LogP) is 2.84. The lowest BCUT2D eigenvalue weighted by atomic mass is 10.3. The van der Waals surface area contributed by atoms with Crippen molar-refractivity contribution in [1.82, 2.24) is 9.88 Å². The lowest BCUT2D eigenvalue weighted by Crippen LogP contribution is -2.47. The number of pyridine rings is 1. The number of hydrogen-bond acceptors (Lipinski definition) is 6. The van der Waals surface area contributed by atoms with E-state index >= 15 is 0 Å². The molecule has 2 aromatic rings. The van der Waals surface area contributed by atoms with Crippen LogP contribution in [0.5, 0.6) is 5.75 Å². The summed E-state index contributed by atoms with van der Waals surface area (Å²) in [5, 5.41) is 11.8.